The molecule has 0 bridgehead atoms. The quantitative estimate of drug-likeness (QED) is 0.279. The molecule has 0 aliphatic heterocycles. The molecule has 0 radical (unpaired) electrons. The normalized spacial score (nSPS) is 11.0. The Morgan fingerprint density at radius 1 is 0.973 bits per heavy atom. The molecule has 4 aromatic rings. The van der Waals surface area contributed by atoms with Crippen LogP contribution in [0.4, 0.5) is 5.95 Å². The average molecular weight is 535 g/mol. The number of carbonyl (C=O) groups is 2. The Balaban J connectivity index is 1.64. The van der Waals surface area contributed by atoms with Gasteiger partial charge in [-0.25, -0.2) is 4.98 Å². The number of benzene rings is 3. The van der Waals surface area contributed by atoms with Gasteiger partial charge >= 0.3 is 0 Å². The number of carbonyl (C=O) groups excluding carboxylic acids is 2. The number of aryl methyl sites for hydroxylation is 2. The van der Waals surface area contributed by atoms with Crippen LogP contribution in [0.1, 0.15) is 35.3 Å². The van der Waals surface area contributed by atoms with Gasteiger partial charge in [0.25, 0.3) is 5.91 Å². The van der Waals surface area contributed by atoms with Gasteiger partial charge in [-0.15, -0.1) is 0 Å². The molecule has 8 heteroatoms. The number of hydrogen-bond donors (Lipinski definition) is 1. The lowest BCUT2D eigenvalue weighted by atomic mass is 10.1. The third kappa shape index (κ3) is 6.04. The van der Waals surface area contributed by atoms with Crippen LogP contribution in [0.3, 0.4) is 0 Å². The van der Waals surface area contributed by atoms with E-state index in [1.165, 1.54) is 16.5 Å². The van der Waals surface area contributed by atoms with Gasteiger partial charge in [-0.05, 0) is 69.2 Å². The summed E-state index contributed by atoms with van der Waals surface area (Å²) in [5.74, 6) is -0.357. The Hall–Kier alpha value is -3.61. The highest BCUT2D eigenvalue weighted by Gasteiger charge is 2.24. The molecule has 37 heavy (non-hydrogen) atoms. The first-order chi connectivity index (χ1) is 17.6. The van der Waals surface area contributed by atoms with Crippen LogP contribution in [0.5, 0.6) is 0 Å². The minimum Gasteiger partial charge on any atom is -0.327 e. The summed E-state index contributed by atoms with van der Waals surface area (Å²) in [6.45, 7) is 7.61. The van der Waals surface area contributed by atoms with Crippen molar-refractivity contribution in [2.45, 2.75) is 33.7 Å². The Morgan fingerprint density at radius 3 is 2.35 bits per heavy atom. The van der Waals surface area contributed by atoms with E-state index in [-0.39, 0.29) is 35.0 Å². The van der Waals surface area contributed by atoms with Crippen LogP contribution >= 0.6 is 23.2 Å². The predicted molar refractivity (Wildman–Crippen MR) is 150 cm³/mol. The summed E-state index contributed by atoms with van der Waals surface area (Å²) in [6, 6.07) is 20.3. The lowest BCUT2D eigenvalue weighted by Crippen LogP contribution is -2.42. The van der Waals surface area contributed by atoms with Crippen molar-refractivity contribution in [2.24, 2.45) is 0 Å². The summed E-state index contributed by atoms with van der Waals surface area (Å²) in [5, 5.41) is 3.58. The molecular formula is C29H28Cl2N4O2. The first-order valence-electron chi connectivity index (χ1n) is 11.9. The number of halogens is 2. The minimum atomic E-state index is -0.373. The number of amides is 2. The zero-order chi connectivity index (χ0) is 26.7. The van der Waals surface area contributed by atoms with E-state index in [1.54, 1.807) is 12.1 Å². The van der Waals surface area contributed by atoms with E-state index < -0.39 is 0 Å². The zero-order valence-electron chi connectivity index (χ0n) is 21.1. The maximum atomic E-state index is 13.3. The van der Waals surface area contributed by atoms with Gasteiger partial charge in [0.05, 0.1) is 16.3 Å². The molecule has 0 saturated heterocycles. The molecule has 0 unspecified atom stereocenters. The molecule has 0 fully saturated rings. The summed E-state index contributed by atoms with van der Waals surface area (Å²) in [6.07, 6.45) is 1.90. The van der Waals surface area contributed by atoms with Crippen LogP contribution in [-0.2, 0) is 4.79 Å². The standard InChI is InChI=1S/C29H28Cl2N4O2/c1-18(2)34(28(37)24-13-11-22(30)15-25(24)31)17-27(36)33-29-32-26(21-8-6-5-7-9-21)16-35(29)23-12-10-19(3)20(4)14-23/h5-16,18H,17H2,1-4H3,(H,32,33,36). The fourth-order valence-electron chi connectivity index (χ4n) is 3.91. The van der Waals surface area contributed by atoms with Crippen LogP contribution in [0.25, 0.3) is 16.9 Å². The Bertz CT molecular complexity index is 1450. The topological polar surface area (TPSA) is 67.2 Å². The number of anilines is 1. The van der Waals surface area contributed by atoms with Crippen LogP contribution in [0.15, 0.2) is 72.9 Å². The molecule has 4 rings (SSSR count). The molecule has 190 valence electrons. The van der Waals surface area contributed by atoms with Crippen LogP contribution in [0, 0.1) is 13.8 Å². The Kier molecular flexibility index (Phi) is 8.00. The van der Waals surface area contributed by atoms with E-state index in [2.05, 4.69) is 12.2 Å². The van der Waals surface area contributed by atoms with Crippen molar-refractivity contribution in [3.63, 3.8) is 0 Å². The van der Waals surface area contributed by atoms with Crippen molar-refractivity contribution in [2.75, 3.05) is 11.9 Å². The first-order valence-corrected chi connectivity index (χ1v) is 12.7. The molecule has 0 aliphatic carbocycles. The monoisotopic (exact) mass is 534 g/mol. The molecule has 1 heterocycles. The lowest BCUT2D eigenvalue weighted by molar-refractivity contribution is -0.117. The van der Waals surface area contributed by atoms with E-state index in [0.717, 1.165) is 22.5 Å². The van der Waals surface area contributed by atoms with Gasteiger partial charge in [-0.3, -0.25) is 19.5 Å². The van der Waals surface area contributed by atoms with E-state index >= 15 is 0 Å². The molecule has 1 N–H and O–H groups in total. The average Bonchev–Trinajstić information content (AvgIpc) is 3.28. The summed E-state index contributed by atoms with van der Waals surface area (Å²) in [4.78, 5) is 32.7. The summed E-state index contributed by atoms with van der Waals surface area (Å²) in [7, 11) is 0. The van der Waals surface area contributed by atoms with Crippen molar-refractivity contribution in [3.8, 4) is 16.9 Å². The number of nitrogens with zero attached hydrogens (tertiary/aromatic N) is 3. The highest BCUT2D eigenvalue weighted by Crippen LogP contribution is 2.26. The smallest absolute Gasteiger partial charge is 0.256 e. The van der Waals surface area contributed by atoms with Crippen LogP contribution in [-0.4, -0.2) is 38.9 Å². The summed E-state index contributed by atoms with van der Waals surface area (Å²) < 4.78 is 1.85. The first kappa shape index (κ1) is 26.5. The Labute approximate surface area is 226 Å². The minimum absolute atomic E-state index is 0.171. The molecule has 1 aromatic heterocycles. The number of nitrogens with one attached hydrogen (secondary N) is 1. The molecule has 2 amide bonds. The van der Waals surface area contributed by atoms with Crippen LogP contribution in [0.2, 0.25) is 10.0 Å². The molecule has 6 nitrogen and oxygen atoms in total. The van der Waals surface area contributed by atoms with Gasteiger partial charge in [0.2, 0.25) is 11.9 Å². The van der Waals surface area contributed by atoms with Gasteiger partial charge in [-0.1, -0.05) is 59.6 Å². The van der Waals surface area contributed by atoms with Crippen LogP contribution < -0.4 is 5.32 Å². The fourth-order valence-corrected chi connectivity index (χ4v) is 4.40. The number of aromatic nitrogens is 2. The molecule has 0 saturated carbocycles. The number of imidazole rings is 1. The van der Waals surface area contributed by atoms with E-state index in [9.17, 15) is 9.59 Å². The molecule has 0 atom stereocenters. The maximum absolute atomic E-state index is 13.3. The highest BCUT2D eigenvalue weighted by atomic mass is 35.5. The SMILES string of the molecule is Cc1ccc(-n2cc(-c3ccccc3)nc2NC(=O)CN(C(=O)c2ccc(Cl)cc2Cl)C(C)C)cc1C. The van der Waals surface area contributed by atoms with E-state index in [4.69, 9.17) is 28.2 Å². The van der Waals surface area contributed by atoms with Crippen molar-refractivity contribution in [1.82, 2.24) is 14.5 Å². The van der Waals surface area contributed by atoms with Gasteiger partial charge < -0.3 is 4.90 Å². The lowest BCUT2D eigenvalue weighted by Gasteiger charge is -2.26. The summed E-state index contributed by atoms with van der Waals surface area (Å²) in [5.41, 5.74) is 5.11. The number of hydrogen-bond acceptors (Lipinski definition) is 3. The molecule has 0 aliphatic rings. The van der Waals surface area contributed by atoms with E-state index in [1.807, 2.05) is 80.1 Å². The van der Waals surface area contributed by atoms with E-state index in [0.29, 0.717) is 11.0 Å². The van der Waals surface area contributed by atoms with Crippen molar-refractivity contribution >= 4 is 41.0 Å². The predicted octanol–water partition coefficient (Wildman–Crippen LogP) is 6.95. The summed E-state index contributed by atoms with van der Waals surface area (Å²) >= 11 is 12.3. The maximum Gasteiger partial charge on any atom is 0.256 e. The van der Waals surface area contributed by atoms with Gasteiger partial charge in [0.15, 0.2) is 0 Å². The van der Waals surface area contributed by atoms with Gasteiger partial charge in [0, 0.05) is 28.5 Å². The second-order valence-electron chi connectivity index (χ2n) is 9.15. The second kappa shape index (κ2) is 11.2. The second-order valence-corrected chi connectivity index (χ2v) is 10.00. The van der Waals surface area contributed by atoms with Crippen molar-refractivity contribution < 1.29 is 9.59 Å². The Morgan fingerprint density at radius 2 is 1.70 bits per heavy atom. The number of rotatable bonds is 7. The van der Waals surface area contributed by atoms with Crippen molar-refractivity contribution in [3.05, 3.63) is 99.7 Å². The van der Waals surface area contributed by atoms with Gasteiger partial charge in [-0.2, -0.15) is 0 Å². The third-order valence-electron chi connectivity index (χ3n) is 6.16. The third-order valence-corrected chi connectivity index (χ3v) is 6.70. The van der Waals surface area contributed by atoms with Crippen molar-refractivity contribution in [1.29, 1.82) is 0 Å². The highest BCUT2D eigenvalue weighted by molar-refractivity contribution is 6.36. The molecular weight excluding hydrogens is 507 g/mol. The zero-order valence-corrected chi connectivity index (χ0v) is 22.6. The van der Waals surface area contributed by atoms with Gasteiger partial charge in [0.1, 0.15) is 6.54 Å². The largest absolute Gasteiger partial charge is 0.327 e. The molecule has 0 spiro atoms. The fraction of sp³-hybridized carbons (Fsp3) is 0.207. The molecule has 3 aromatic carbocycles.